The minimum absolute atomic E-state index is 0.0791. The van der Waals surface area contributed by atoms with E-state index in [0.29, 0.717) is 21.7 Å². The number of thiocarbonyl (C=S) groups is 1. The Hall–Kier alpha value is -3.39. The number of rotatable bonds is 7. The summed E-state index contributed by atoms with van der Waals surface area (Å²) in [4.78, 5) is 19.5. The Balaban J connectivity index is 1.46. The highest BCUT2D eigenvalue weighted by molar-refractivity contribution is 7.80. The van der Waals surface area contributed by atoms with E-state index in [1.165, 1.54) is 0 Å². The van der Waals surface area contributed by atoms with E-state index in [9.17, 15) is 4.79 Å². The molecular formula is C28H25Cl2N5OS. The van der Waals surface area contributed by atoms with Crippen LogP contribution in [0.1, 0.15) is 35.5 Å². The normalized spacial score (nSPS) is 17.1. The van der Waals surface area contributed by atoms with Gasteiger partial charge in [-0.25, -0.2) is 0 Å². The van der Waals surface area contributed by atoms with Gasteiger partial charge in [0.15, 0.2) is 5.11 Å². The van der Waals surface area contributed by atoms with Gasteiger partial charge in [-0.3, -0.25) is 9.78 Å². The van der Waals surface area contributed by atoms with Gasteiger partial charge in [0, 0.05) is 41.8 Å². The number of aryl methyl sites for hydroxylation is 1. The smallest absolute Gasteiger partial charge is 0.226 e. The highest BCUT2D eigenvalue weighted by Crippen LogP contribution is 2.40. The first-order valence-electron chi connectivity index (χ1n) is 11.9. The van der Waals surface area contributed by atoms with Crippen molar-refractivity contribution in [3.8, 4) is 5.69 Å². The largest absolute Gasteiger partial charge is 0.352 e. The van der Waals surface area contributed by atoms with Crippen molar-refractivity contribution in [2.24, 2.45) is 0 Å². The third-order valence-corrected chi connectivity index (χ3v) is 7.22. The number of pyridine rings is 1. The second-order valence-electron chi connectivity index (χ2n) is 8.89. The van der Waals surface area contributed by atoms with Gasteiger partial charge in [-0.05, 0) is 79.3 Å². The molecule has 0 unspecified atom stereocenters. The summed E-state index contributed by atoms with van der Waals surface area (Å²) in [7, 11) is 0. The molecule has 0 saturated carbocycles. The molecule has 2 aromatic heterocycles. The van der Waals surface area contributed by atoms with Crippen LogP contribution >= 0.6 is 35.4 Å². The number of carbonyl (C=O) groups is 1. The maximum Gasteiger partial charge on any atom is 0.226 e. The summed E-state index contributed by atoms with van der Waals surface area (Å²) >= 11 is 18.5. The van der Waals surface area contributed by atoms with Gasteiger partial charge in [0.1, 0.15) is 0 Å². The zero-order valence-electron chi connectivity index (χ0n) is 20.1. The highest BCUT2D eigenvalue weighted by atomic mass is 35.5. The molecule has 2 aromatic carbocycles. The number of nitrogens with one attached hydrogen (secondary N) is 2. The monoisotopic (exact) mass is 549 g/mol. The number of nitrogens with zero attached hydrogens (tertiary/aromatic N) is 3. The number of aromatic nitrogens is 2. The van der Waals surface area contributed by atoms with Gasteiger partial charge in [-0.1, -0.05) is 41.4 Å². The zero-order valence-corrected chi connectivity index (χ0v) is 22.4. The van der Waals surface area contributed by atoms with Gasteiger partial charge < -0.3 is 20.1 Å². The molecule has 1 amide bonds. The molecule has 2 N–H and O–H groups in total. The average molecular weight is 551 g/mol. The molecule has 3 heterocycles. The van der Waals surface area contributed by atoms with Gasteiger partial charge in [-0.15, -0.1) is 0 Å². The second kappa shape index (κ2) is 10.9. The molecule has 6 nitrogen and oxygen atoms in total. The quantitative estimate of drug-likeness (QED) is 0.258. The fourth-order valence-corrected chi connectivity index (χ4v) is 5.50. The minimum atomic E-state index is -0.226. The molecule has 1 aliphatic rings. The summed E-state index contributed by atoms with van der Waals surface area (Å²) in [5, 5.41) is 8.10. The van der Waals surface area contributed by atoms with Crippen molar-refractivity contribution in [2.75, 3.05) is 11.9 Å². The van der Waals surface area contributed by atoms with Gasteiger partial charge in [-0.2, -0.15) is 0 Å². The molecule has 0 aliphatic carbocycles. The summed E-state index contributed by atoms with van der Waals surface area (Å²) < 4.78 is 2.04. The van der Waals surface area contributed by atoms with E-state index >= 15 is 0 Å². The fraction of sp³-hybridized carbons (Fsp3) is 0.179. The third-order valence-electron chi connectivity index (χ3n) is 6.33. The Kier molecular flexibility index (Phi) is 7.46. The average Bonchev–Trinajstić information content (AvgIpc) is 3.47. The van der Waals surface area contributed by atoms with Crippen LogP contribution in [-0.2, 0) is 4.79 Å². The molecule has 5 rings (SSSR count). The lowest BCUT2D eigenvalue weighted by Crippen LogP contribution is -2.33. The topological polar surface area (TPSA) is 62.2 Å². The highest BCUT2D eigenvalue weighted by Gasteiger charge is 2.41. The molecule has 0 bridgehead atoms. The first-order chi connectivity index (χ1) is 17.9. The van der Waals surface area contributed by atoms with Crippen LogP contribution in [0.5, 0.6) is 0 Å². The van der Waals surface area contributed by atoms with Crippen molar-refractivity contribution in [3.63, 3.8) is 0 Å². The number of benzene rings is 2. The summed E-state index contributed by atoms with van der Waals surface area (Å²) in [5.41, 5.74) is 4.49. The lowest BCUT2D eigenvalue weighted by molar-refractivity contribution is -0.116. The molecule has 0 spiro atoms. The predicted molar refractivity (Wildman–Crippen MR) is 152 cm³/mol. The molecule has 4 aromatic rings. The maximum atomic E-state index is 12.8. The van der Waals surface area contributed by atoms with Crippen molar-refractivity contribution in [1.82, 2.24) is 19.8 Å². The van der Waals surface area contributed by atoms with E-state index < -0.39 is 0 Å². The molecule has 188 valence electrons. The van der Waals surface area contributed by atoms with Gasteiger partial charge >= 0.3 is 0 Å². The van der Waals surface area contributed by atoms with Crippen LogP contribution in [0.25, 0.3) is 5.69 Å². The molecule has 1 aliphatic heterocycles. The number of halogens is 2. The van der Waals surface area contributed by atoms with E-state index in [2.05, 4.69) is 20.5 Å². The summed E-state index contributed by atoms with van der Waals surface area (Å²) in [6, 6.07) is 22.6. The van der Waals surface area contributed by atoms with Crippen LogP contribution in [0.4, 0.5) is 5.69 Å². The SMILES string of the molecule is Cc1cccc(NC(=O)CCN2C(=S)N[C@@H](c3ccccn3)[C@@H]2c2cccn2-c2ccc(Cl)cc2Cl)c1. The number of anilines is 1. The molecule has 9 heteroatoms. The Bertz CT molecular complexity index is 1440. The Labute approximate surface area is 231 Å². The van der Waals surface area contributed by atoms with Crippen LogP contribution in [0.2, 0.25) is 10.0 Å². The van der Waals surface area contributed by atoms with Crippen molar-refractivity contribution in [3.05, 3.63) is 112 Å². The Morgan fingerprint density at radius 3 is 2.70 bits per heavy atom. The first kappa shape index (κ1) is 25.3. The van der Waals surface area contributed by atoms with Crippen LogP contribution in [0.15, 0.2) is 85.2 Å². The Morgan fingerprint density at radius 2 is 1.95 bits per heavy atom. The van der Waals surface area contributed by atoms with Crippen LogP contribution in [0, 0.1) is 6.92 Å². The van der Waals surface area contributed by atoms with Crippen LogP contribution < -0.4 is 10.6 Å². The molecule has 2 atom stereocenters. The standard InChI is InChI=1S/C28H25Cl2N5OS/c1-18-6-4-7-20(16-18)32-25(36)12-15-35-27(26(33-28(35)37)22-8-2-3-13-31-22)24-9-5-14-34(24)23-11-10-19(29)17-21(23)30/h2-11,13-14,16-17,26-27H,12,15H2,1H3,(H,32,36)(H,33,37)/t26-,27-/m0/s1. The summed E-state index contributed by atoms with van der Waals surface area (Å²) in [5.74, 6) is -0.0791. The number of carbonyl (C=O) groups excluding carboxylic acids is 1. The fourth-order valence-electron chi connectivity index (χ4n) is 4.67. The predicted octanol–water partition coefficient (Wildman–Crippen LogP) is 6.49. The second-order valence-corrected chi connectivity index (χ2v) is 10.1. The first-order valence-corrected chi connectivity index (χ1v) is 13.0. The summed E-state index contributed by atoms with van der Waals surface area (Å²) in [6.07, 6.45) is 4.00. The van der Waals surface area contributed by atoms with Crippen molar-refractivity contribution in [1.29, 1.82) is 0 Å². The third kappa shape index (κ3) is 5.49. The van der Waals surface area contributed by atoms with Crippen molar-refractivity contribution >= 4 is 52.1 Å². The molecule has 1 fully saturated rings. The van der Waals surface area contributed by atoms with E-state index in [-0.39, 0.29) is 24.4 Å². The molecule has 1 saturated heterocycles. The van der Waals surface area contributed by atoms with E-state index in [1.54, 1.807) is 12.3 Å². The lowest BCUT2D eigenvalue weighted by atomic mass is 10.0. The number of hydrogen-bond acceptors (Lipinski definition) is 3. The molecule has 0 radical (unpaired) electrons. The van der Waals surface area contributed by atoms with E-state index in [1.807, 2.05) is 84.4 Å². The minimum Gasteiger partial charge on any atom is -0.352 e. The van der Waals surface area contributed by atoms with Crippen LogP contribution in [0.3, 0.4) is 0 Å². The van der Waals surface area contributed by atoms with E-state index in [4.69, 9.17) is 35.4 Å². The van der Waals surface area contributed by atoms with Crippen molar-refractivity contribution < 1.29 is 4.79 Å². The zero-order chi connectivity index (χ0) is 25.9. The van der Waals surface area contributed by atoms with Crippen molar-refractivity contribution in [2.45, 2.75) is 25.4 Å². The van der Waals surface area contributed by atoms with E-state index in [0.717, 1.165) is 28.3 Å². The van der Waals surface area contributed by atoms with Gasteiger partial charge in [0.25, 0.3) is 0 Å². The molecule has 37 heavy (non-hydrogen) atoms. The van der Waals surface area contributed by atoms with Gasteiger partial charge in [0.05, 0.1) is 28.5 Å². The van der Waals surface area contributed by atoms with Crippen LogP contribution in [-0.4, -0.2) is 32.0 Å². The Morgan fingerprint density at radius 1 is 1.08 bits per heavy atom. The van der Waals surface area contributed by atoms with Gasteiger partial charge in [0.2, 0.25) is 5.91 Å². The number of amides is 1. The molecular weight excluding hydrogens is 525 g/mol. The summed E-state index contributed by atoms with van der Waals surface area (Å²) in [6.45, 7) is 2.42. The maximum absolute atomic E-state index is 12.8. The lowest BCUT2D eigenvalue weighted by Gasteiger charge is -2.29. The number of hydrogen-bond donors (Lipinski definition) is 2.